The molecule has 0 heterocycles. The van der Waals surface area contributed by atoms with Gasteiger partial charge < -0.3 is 4.74 Å². The Morgan fingerprint density at radius 3 is 2.16 bits per heavy atom. The van der Waals surface area contributed by atoms with Gasteiger partial charge in [0.15, 0.2) is 0 Å². The molecule has 0 radical (unpaired) electrons. The van der Waals surface area contributed by atoms with Crippen molar-refractivity contribution >= 4 is 5.94 Å². The predicted octanol–water partition coefficient (Wildman–Crippen LogP) is 2.40. The van der Waals surface area contributed by atoms with E-state index < -0.39 is 11.1 Å². The van der Waals surface area contributed by atoms with E-state index in [0.29, 0.717) is 5.57 Å². The first kappa shape index (κ1) is 14.0. The molecular weight excluding hydrogens is 238 g/mol. The lowest BCUT2D eigenvalue weighted by Crippen LogP contribution is -2.38. The molecule has 1 aliphatic carbocycles. The molecule has 3 heteroatoms. The summed E-state index contributed by atoms with van der Waals surface area (Å²) in [5, 5.41) is 0. The monoisotopic (exact) mass is 259 g/mol. The SMILES string of the molecule is CC(C)OC1(c2ccccc2)C(=C=O)C1(C)N(C)C. The molecule has 1 aromatic rings. The van der Waals surface area contributed by atoms with Crippen molar-refractivity contribution in [3.63, 3.8) is 0 Å². The van der Waals surface area contributed by atoms with Crippen LogP contribution in [0.4, 0.5) is 0 Å². The fraction of sp³-hybridized carbons (Fsp3) is 0.500. The first-order valence-electron chi connectivity index (χ1n) is 6.58. The van der Waals surface area contributed by atoms with E-state index in [1.807, 2.05) is 70.1 Å². The maximum Gasteiger partial charge on any atom is 0.150 e. The van der Waals surface area contributed by atoms with Crippen LogP contribution in [0.15, 0.2) is 35.9 Å². The highest BCUT2D eigenvalue weighted by Crippen LogP contribution is 2.64. The highest BCUT2D eigenvalue weighted by Gasteiger charge is 2.75. The molecule has 2 unspecified atom stereocenters. The summed E-state index contributed by atoms with van der Waals surface area (Å²) < 4.78 is 6.17. The van der Waals surface area contributed by atoms with Gasteiger partial charge in [0.2, 0.25) is 0 Å². The third kappa shape index (κ3) is 1.78. The van der Waals surface area contributed by atoms with Crippen molar-refractivity contribution in [3.05, 3.63) is 41.5 Å². The molecule has 19 heavy (non-hydrogen) atoms. The van der Waals surface area contributed by atoms with Crippen LogP contribution in [0.5, 0.6) is 0 Å². The molecule has 0 bridgehead atoms. The quantitative estimate of drug-likeness (QED) is 0.778. The van der Waals surface area contributed by atoms with Gasteiger partial charge in [-0.05, 0) is 40.4 Å². The molecule has 0 saturated heterocycles. The van der Waals surface area contributed by atoms with E-state index in [-0.39, 0.29) is 6.10 Å². The minimum Gasteiger partial charge on any atom is -0.360 e. The van der Waals surface area contributed by atoms with Gasteiger partial charge >= 0.3 is 0 Å². The zero-order chi connectivity index (χ0) is 14.3. The molecule has 2 atom stereocenters. The molecule has 0 spiro atoms. The Hall–Kier alpha value is -1.41. The maximum absolute atomic E-state index is 11.4. The average Bonchev–Trinajstić information content (AvgIpc) is 2.91. The first-order chi connectivity index (χ1) is 8.91. The van der Waals surface area contributed by atoms with Gasteiger partial charge in [-0.1, -0.05) is 30.3 Å². The van der Waals surface area contributed by atoms with Crippen LogP contribution in [0.1, 0.15) is 26.3 Å². The van der Waals surface area contributed by atoms with E-state index in [4.69, 9.17) is 4.74 Å². The lowest BCUT2D eigenvalue weighted by atomic mass is 10.0. The third-order valence-electron chi connectivity index (χ3n) is 4.05. The van der Waals surface area contributed by atoms with Gasteiger partial charge in [-0.25, -0.2) is 4.79 Å². The Kier molecular flexibility index (Phi) is 3.40. The molecule has 1 aliphatic rings. The van der Waals surface area contributed by atoms with Crippen molar-refractivity contribution in [2.24, 2.45) is 0 Å². The second-order valence-electron chi connectivity index (χ2n) is 5.66. The van der Waals surface area contributed by atoms with Crippen molar-refractivity contribution in [1.82, 2.24) is 4.90 Å². The predicted molar refractivity (Wildman–Crippen MR) is 75.6 cm³/mol. The number of carbonyl (C=O) groups excluding carboxylic acids is 1. The third-order valence-corrected chi connectivity index (χ3v) is 4.05. The molecule has 2 rings (SSSR count). The molecular formula is C16H21NO2. The van der Waals surface area contributed by atoms with E-state index in [0.717, 1.165) is 5.56 Å². The number of hydrogen-bond acceptors (Lipinski definition) is 3. The summed E-state index contributed by atoms with van der Waals surface area (Å²) in [5.74, 6) is 2.11. The first-order valence-corrected chi connectivity index (χ1v) is 6.58. The Morgan fingerprint density at radius 1 is 1.21 bits per heavy atom. The number of hydrogen-bond donors (Lipinski definition) is 0. The van der Waals surface area contributed by atoms with E-state index in [1.165, 1.54) is 0 Å². The fourth-order valence-electron chi connectivity index (χ4n) is 2.89. The lowest BCUT2D eigenvalue weighted by Gasteiger charge is -2.28. The molecule has 0 amide bonds. The van der Waals surface area contributed by atoms with Gasteiger partial charge in [0.25, 0.3) is 0 Å². The Bertz CT molecular complexity index is 517. The van der Waals surface area contributed by atoms with E-state index in [2.05, 4.69) is 5.94 Å². The molecule has 0 aliphatic heterocycles. The number of rotatable bonds is 4. The zero-order valence-corrected chi connectivity index (χ0v) is 12.2. The number of benzene rings is 1. The number of likely N-dealkylation sites (N-methyl/N-ethyl adjacent to an activating group) is 1. The maximum atomic E-state index is 11.4. The van der Waals surface area contributed by atoms with Crippen molar-refractivity contribution in [2.45, 2.75) is 38.0 Å². The largest absolute Gasteiger partial charge is 0.360 e. The van der Waals surface area contributed by atoms with Crippen LogP contribution in [0.25, 0.3) is 0 Å². The zero-order valence-electron chi connectivity index (χ0n) is 12.2. The highest BCUT2D eigenvalue weighted by atomic mass is 16.5. The molecule has 3 nitrogen and oxygen atoms in total. The smallest absolute Gasteiger partial charge is 0.150 e. The second-order valence-corrected chi connectivity index (χ2v) is 5.66. The molecule has 0 N–H and O–H groups in total. The number of nitrogens with zero attached hydrogens (tertiary/aromatic N) is 1. The summed E-state index contributed by atoms with van der Waals surface area (Å²) in [6, 6.07) is 9.92. The second kappa shape index (κ2) is 4.61. The van der Waals surface area contributed by atoms with E-state index in [9.17, 15) is 4.79 Å². The average molecular weight is 259 g/mol. The molecule has 1 fully saturated rings. The van der Waals surface area contributed by atoms with Crippen molar-refractivity contribution < 1.29 is 9.53 Å². The molecule has 1 aromatic carbocycles. The summed E-state index contributed by atoms with van der Waals surface area (Å²) in [6.45, 7) is 6.01. The molecule has 0 aromatic heterocycles. The van der Waals surface area contributed by atoms with E-state index in [1.54, 1.807) is 0 Å². The van der Waals surface area contributed by atoms with Crippen LogP contribution in [-0.4, -0.2) is 36.6 Å². The summed E-state index contributed by atoms with van der Waals surface area (Å²) in [5.41, 5.74) is 0.580. The summed E-state index contributed by atoms with van der Waals surface area (Å²) >= 11 is 0. The van der Waals surface area contributed by atoms with Gasteiger partial charge in [-0.15, -0.1) is 0 Å². The highest BCUT2D eigenvalue weighted by molar-refractivity contribution is 5.76. The Morgan fingerprint density at radius 2 is 1.79 bits per heavy atom. The number of ether oxygens (including phenoxy) is 1. The Balaban J connectivity index is 2.59. The minimum absolute atomic E-state index is 0.0327. The van der Waals surface area contributed by atoms with E-state index >= 15 is 0 Å². The van der Waals surface area contributed by atoms with Crippen LogP contribution in [0.3, 0.4) is 0 Å². The summed E-state index contributed by atoms with van der Waals surface area (Å²) in [7, 11) is 3.93. The van der Waals surface area contributed by atoms with Crippen molar-refractivity contribution in [3.8, 4) is 0 Å². The van der Waals surface area contributed by atoms with Crippen LogP contribution >= 0.6 is 0 Å². The van der Waals surface area contributed by atoms with Gasteiger partial charge in [0, 0.05) is 0 Å². The van der Waals surface area contributed by atoms with Gasteiger partial charge in [0.1, 0.15) is 11.5 Å². The topological polar surface area (TPSA) is 29.5 Å². The lowest BCUT2D eigenvalue weighted by molar-refractivity contribution is -0.0417. The Labute approximate surface area is 114 Å². The van der Waals surface area contributed by atoms with Crippen molar-refractivity contribution in [1.29, 1.82) is 0 Å². The fourth-order valence-corrected chi connectivity index (χ4v) is 2.89. The van der Waals surface area contributed by atoms with Crippen LogP contribution in [-0.2, 0) is 15.1 Å². The summed E-state index contributed by atoms with van der Waals surface area (Å²) in [4.78, 5) is 13.4. The van der Waals surface area contributed by atoms with Gasteiger partial charge in [0.05, 0.1) is 17.2 Å². The normalized spacial score (nSPS) is 29.7. The van der Waals surface area contributed by atoms with Crippen molar-refractivity contribution in [2.75, 3.05) is 14.1 Å². The standard InChI is InChI=1S/C16H21NO2/c1-12(2)19-16(13-9-7-6-8-10-13)14(11-18)15(16,3)17(4)5/h6-10,12H,1-5H3. The van der Waals surface area contributed by atoms with Gasteiger partial charge in [-0.3, -0.25) is 4.90 Å². The van der Waals surface area contributed by atoms with Crippen LogP contribution in [0, 0.1) is 0 Å². The van der Waals surface area contributed by atoms with Crippen LogP contribution < -0.4 is 0 Å². The summed E-state index contributed by atoms with van der Waals surface area (Å²) in [6.07, 6.45) is 0.0327. The van der Waals surface area contributed by atoms with Crippen LogP contribution in [0.2, 0.25) is 0 Å². The molecule has 102 valence electrons. The molecule has 1 saturated carbocycles. The van der Waals surface area contributed by atoms with Gasteiger partial charge in [-0.2, -0.15) is 0 Å². The minimum atomic E-state index is -0.673.